The van der Waals surface area contributed by atoms with E-state index in [1.165, 1.54) is 0 Å². The molecule has 0 saturated carbocycles. The smallest absolute Gasteiger partial charge is 0.292 e. The molecule has 0 N–H and O–H groups in total. The zero-order valence-corrected chi connectivity index (χ0v) is 12.3. The fourth-order valence-electron chi connectivity index (χ4n) is 2.84. The monoisotopic (exact) mass is 295 g/mol. The minimum atomic E-state index is -1.26. The lowest BCUT2D eigenvalue weighted by Gasteiger charge is -2.22. The van der Waals surface area contributed by atoms with Gasteiger partial charge in [-0.1, -0.05) is 31.4 Å². The van der Waals surface area contributed by atoms with Gasteiger partial charge in [0.2, 0.25) is 0 Å². The molecule has 0 unspecified atom stereocenters. The van der Waals surface area contributed by atoms with Crippen molar-refractivity contribution >= 4 is 23.2 Å². The molecule has 5 heteroatoms. The highest BCUT2D eigenvalue weighted by Gasteiger charge is 2.55. The first-order chi connectivity index (χ1) is 9.69. The number of hydrogen-bond acceptors (Lipinski definition) is 3. The van der Waals surface area contributed by atoms with Crippen molar-refractivity contribution < 1.29 is 14.3 Å². The Bertz CT molecular complexity index is 526. The summed E-state index contributed by atoms with van der Waals surface area (Å²) in [7, 11) is 0. The van der Waals surface area contributed by atoms with Crippen molar-refractivity contribution in [2.45, 2.75) is 32.0 Å². The highest BCUT2D eigenvalue weighted by molar-refractivity contribution is 6.31. The fourth-order valence-corrected chi connectivity index (χ4v) is 3.01. The zero-order chi connectivity index (χ0) is 14.2. The van der Waals surface area contributed by atoms with Gasteiger partial charge in [0.05, 0.1) is 18.9 Å². The highest BCUT2D eigenvalue weighted by atomic mass is 35.5. The van der Waals surface area contributed by atoms with E-state index < -0.39 is 5.79 Å². The van der Waals surface area contributed by atoms with Crippen LogP contribution in [-0.2, 0) is 20.1 Å². The summed E-state index contributed by atoms with van der Waals surface area (Å²) in [5.41, 5.74) is 1.60. The Morgan fingerprint density at radius 3 is 2.75 bits per heavy atom. The van der Waals surface area contributed by atoms with Crippen LogP contribution in [0.25, 0.3) is 0 Å². The summed E-state index contributed by atoms with van der Waals surface area (Å²) in [6.07, 6.45) is 3.19. The quantitative estimate of drug-likeness (QED) is 0.801. The number of hydrogen-bond donors (Lipinski definition) is 0. The molecule has 2 aliphatic heterocycles. The molecule has 1 amide bonds. The van der Waals surface area contributed by atoms with E-state index in [1.54, 1.807) is 17.0 Å². The summed E-state index contributed by atoms with van der Waals surface area (Å²) in [6, 6.07) is 5.45. The molecular weight excluding hydrogens is 278 g/mol. The lowest BCUT2D eigenvalue weighted by atomic mass is 10.1. The maximum Gasteiger partial charge on any atom is 0.292 e. The van der Waals surface area contributed by atoms with Crippen LogP contribution in [0.2, 0.25) is 5.02 Å². The van der Waals surface area contributed by atoms with Crippen LogP contribution in [-0.4, -0.2) is 25.7 Å². The van der Waals surface area contributed by atoms with Gasteiger partial charge < -0.3 is 14.4 Å². The molecule has 1 saturated heterocycles. The van der Waals surface area contributed by atoms with Crippen molar-refractivity contribution in [1.82, 2.24) is 0 Å². The Morgan fingerprint density at radius 1 is 1.30 bits per heavy atom. The number of halogens is 1. The normalized spacial score (nSPS) is 19.9. The van der Waals surface area contributed by atoms with E-state index in [4.69, 9.17) is 21.1 Å². The van der Waals surface area contributed by atoms with Crippen molar-refractivity contribution in [3.63, 3.8) is 0 Å². The molecule has 1 aromatic carbocycles. The number of anilines is 1. The van der Waals surface area contributed by atoms with Crippen molar-refractivity contribution in [3.05, 3.63) is 28.8 Å². The summed E-state index contributed by atoms with van der Waals surface area (Å²) in [6.45, 7) is 3.70. The molecule has 0 aromatic heterocycles. The maximum absolute atomic E-state index is 12.7. The summed E-state index contributed by atoms with van der Waals surface area (Å²) < 4.78 is 11.3. The Balaban J connectivity index is 1.97. The molecule has 0 aliphatic carbocycles. The summed E-state index contributed by atoms with van der Waals surface area (Å²) in [5, 5.41) is 0.588. The van der Waals surface area contributed by atoms with Crippen LogP contribution < -0.4 is 4.90 Å². The van der Waals surface area contributed by atoms with Gasteiger partial charge in [0, 0.05) is 17.1 Å². The lowest BCUT2D eigenvalue weighted by Crippen LogP contribution is -2.41. The predicted molar refractivity (Wildman–Crippen MR) is 76.9 cm³/mol. The van der Waals surface area contributed by atoms with Crippen molar-refractivity contribution in [2.24, 2.45) is 0 Å². The molecule has 20 heavy (non-hydrogen) atoms. The van der Waals surface area contributed by atoms with Crippen LogP contribution in [0.4, 0.5) is 5.69 Å². The standard InChI is InChI=1S/C15H18ClNO3/c1-2-3-4-7-17-13-6-5-11(16)10-12(13)15(14(17)18)19-8-9-20-15/h5-6,10H,2-4,7-9H2,1H3. The molecular formula is C15H18ClNO3. The number of fused-ring (bicyclic) bond motifs is 2. The van der Waals surface area contributed by atoms with Gasteiger partial charge in [-0.3, -0.25) is 4.79 Å². The Morgan fingerprint density at radius 2 is 2.05 bits per heavy atom. The summed E-state index contributed by atoms with van der Waals surface area (Å²) in [4.78, 5) is 14.5. The molecule has 0 bridgehead atoms. The van der Waals surface area contributed by atoms with Crippen LogP contribution >= 0.6 is 11.6 Å². The van der Waals surface area contributed by atoms with Gasteiger partial charge in [0.1, 0.15) is 0 Å². The van der Waals surface area contributed by atoms with E-state index in [0.717, 1.165) is 30.5 Å². The first kappa shape index (κ1) is 13.9. The average Bonchev–Trinajstić information content (AvgIpc) is 3.01. The third-order valence-corrected chi connectivity index (χ3v) is 4.05. The SMILES string of the molecule is CCCCCN1C(=O)C2(OCCO2)c2cc(Cl)ccc21. The van der Waals surface area contributed by atoms with Crippen LogP contribution in [0, 0.1) is 0 Å². The van der Waals surface area contributed by atoms with Crippen molar-refractivity contribution in [2.75, 3.05) is 24.7 Å². The third kappa shape index (κ3) is 2.03. The Labute approximate surface area is 123 Å². The summed E-state index contributed by atoms with van der Waals surface area (Å²) >= 11 is 6.07. The second-order valence-corrected chi connectivity index (χ2v) is 5.58. The summed E-state index contributed by atoms with van der Waals surface area (Å²) in [5.74, 6) is -1.38. The number of benzene rings is 1. The van der Waals surface area contributed by atoms with E-state index in [2.05, 4.69) is 6.92 Å². The molecule has 1 aromatic rings. The topological polar surface area (TPSA) is 38.8 Å². The van der Waals surface area contributed by atoms with E-state index >= 15 is 0 Å². The van der Waals surface area contributed by atoms with E-state index in [9.17, 15) is 4.79 Å². The minimum absolute atomic E-state index is 0.122. The first-order valence-corrected chi connectivity index (χ1v) is 7.47. The first-order valence-electron chi connectivity index (χ1n) is 7.09. The van der Waals surface area contributed by atoms with E-state index in [-0.39, 0.29) is 5.91 Å². The number of nitrogens with zero attached hydrogens (tertiary/aromatic N) is 1. The molecule has 4 nitrogen and oxygen atoms in total. The molecule has 2 aliphatic rings. The van der Waals surface area contributed by atoms with Gasteiger partial charge in [0.15, 0.2) is 0 Å². The third-order valence-electron chi connectivity index (χ3n) is 3.81. The van der Waals surface area contributed by atoms with Crippen molar-refractivity contribution in [3.8, 4) is 0 Å². The van der Waals surface area contributed by atoms with E-state index in [1.807, 2.05) is 6.07 Å². The van der Waals surface area contributed by atoms with Gasteiger partial charge in [0.25, 0.3) is 11.7 Å². The van der Waals surface area contributed by atoms with Crippen LogP contribution in [0.5, 0.6) is 0 Å². The fraction of sp³-hybridized carbons (Fsp3) is 0.533. The maximum atomic E-state index is 12.7. The van der Waals surface area contributed by atoms with Crippen LogP contribution in [0.3, 0.4) is 0 Å². The van der Waals surface area contributed by atoms with Gasteiger partial charge in [-0.2, -0.15) is 0 Å². The Kier molecular flexibility index (Phi) is 3.71. The second-order valence-electron chi connectivity index (χ2n) is 5.14. The lowest BCUT2D eigenvalue weighted by molar-refractivity contribution is -0.180. The van der Waals surface area contributed by atoms with E-state index in [0.29, 0.717) is 24.8 Å². The second kappa shape index (κ2) is 5.35. The highest BCUT2D eigenvalue weighted by Crippen LogP contribution is 2.46. The average molecular weight is 296 g/mol. The van der Waals surface area contributed by atoms with Crippen LogP contribution in [0.15, 0.2) is 18.2 Å². The zero-order valence-electron chi connectivity index (χ0n) is 11.5. The van der Waals surface area contributed by atoms with Gasteiger partial charge in [-0.25, -0.2) is 0 Å². The number of unbranched alkanes of at least 4 members (excludes halogenated alkanes) is 2. The number of rotatable bonds is 4. The predicted octanol–water partition coefficient (Wildman–Crippen LogP) is 3.08. The molecule has 0 radical (unpaired) electrons. The Hall–Kier alpha value is -1.10. The van der Waals surface area contributed by atoms with Crippen molar-refractivity contribution in [1.29, 1.82) is 0 Å². The number of carbonyl (C=O) groups is 1. The number of carbonyl (C=O) groups excluding carboxylic acids is 1. The molecule has 0 atom stereocenters. The molecule has 1 fully saturated rings. The van der Waals surface area contributed by atoms with Gasteiger partial charge in [-0.05, 0) is 24.6 Å². The van der Waals surface area contributed by atoms with Gasteiger partial charge >= 0.3 is 0 Å². The van der Waals surface area contributed by atoms with Gasteiger partial charge in [-0.15, -0.1) is 0 Å². The van der Waals surface area contributed by atoms with Crippen LogP contribution in [0.1, 0.15) is 31.7 Å². The largest absolute Gasteiger partial charge is 0.336 e. The molecule has 3 rings (SSSR count). The molecule has 1 spiro atoms. The molecule has 108 valence electrons. The number of amides is 1. The minimum Gasteiger partial charge on any atom is -0.336 e. The molecule has 2 heterocycles. The number of ether oxygens (including phenoxy) is 2.